The number of oxime groups is 1. The molecule has 7 heteroatoms. The molecule has 7 nitrogen and oxygen atoms in total. The highest BCUT2D eigenvalue weighted by atomic mass is 16.6. The Balaban J connectivity index is 1.32. The number of fused-ring (bicyclic) bond motifs is 1. The Morgan fingerprint density at radius 2 is 1.73 bits per heavy atom. The summed E-state index contributed by atoms with van der Waals surface area (Å²) in [6, 6.07) is 23.2. The van der Waals surface area contributed by atoms with E-state index >= 15 is 0 Å². The van der Waals surface area contributed by atoms with E-state index < -0.39 is 0 Å². The lowest BCUT2D eigenvalue weighted by Crippen LogP contribution is -2.08. The molecule has 0 amide bonds. The predicted octanol–water partition coefficient (Wildman–Crippen LogP) is 4.79. The van der Waals surface area contributed by atoms with Crippen LogP contribution in [0.4, 0.5) is 0 Å². The number of hydrogen-bond donors (Lipinski definition) is 0. The molecule has 4 rings (SSSR count). The summed E-state index contributed by atoms with van der Waals surface area (Å²) in [5.74, 6) is 0.472. The molecule has 0 saturated heterocycles. The van der Waals surface area contributed by atoms with Gasteiger partial charge in [0.15, 0.2) is 0 Å². The maximum atomic E-state index is 11.5. The number of carbonyl (C=O) groups excluding carboxylic acids is 1. The minimum atomic E-state index is -0.280. The summed E-state index contributed by atoms with van der Waals surface area (Å²) in [6.07, 6.45) is 4.60. The van der Waals surface area contributed by atoms with Crippen LogP contribution >= 0.6 is 0 Å². The van der Waals surface area contributed by atoms with Crippen LogP contribution in [0.5, 0.6) is 5.75 Å². The van der Waals surface area contributed by atoms with Gasteiger partial charge in [0.05, 0.1) is 24.9 Å². The summed E-state index contributed by atoms with van der Waals surface area (Å²) < 4.78 is 12.6. The van der Waals surface area contributed by atoms with Crippen molar-refractivity contribution in [1.29, 1.82) is 0 Å². The zero-order chi connectivity index (χ0) is 22.9. The van der Waals surface area contributed by atoms with Gasteiger partial charge in [0, 0.05) is 18.8 Å². The molecule has 0 N–H and O–H groups in total. The van der Waals surface area contributed by atoms with Gasteiger partial charge in [-0.2, -0.15) is 0 Å². The smallest absolute Gasteiger partial charge is 0.305 e. The number of benzene rings is 2. The Bertz CT molecular complexity index is 1180. The van der Waals surface area contributed by atoms with Gasteiger partial charge in [-0.25, -0.2) is 4.98 Å². The molecule has 0 aliphatic heterocycles. The molecular formula is C26H25N3O4. The van der Waals surface area contributed by atoms with Gasteiger partial charge in [-0.1, -0.05) is 53.7 Å². The van der Waals surface area contributed by atoms with Crippen molar-refractivity contribution >= 4 is 17.3 Å². The second-order valence-corrected chi connectivity index (χ2v) is 7.38. The van der Waals surface area contributed by atoms with Gasteiger partial charge in [-0.15, -0.1) is 0 Å². The Morgan fingerprint density at radius 1 is 0.939 bits per heavy atom. The van der Waals surface area contributed by atoms with Crippen LogP contribution in [0, 0.1) is 0 Å². The summed E-state index contributed by atoms with van der Waals surface area (Å²) in [5, 5.41) is 4.28. The highest BCUT2D eigenvalue weighted by molar-refractivity contribution is 6.01. The largest absolute Gasteiger partial charge is 0.487 e. The molecule has 0 aliphatic carbocycles. The fourth-order valence-corrected chi connectivity index (χ4v) is 3.28. The van der Waals surface area contributed by atoms with Crippen LogP contribution in [-0.4, -0.2) is 28.2 Å². The van der Waals surface area contributed by atoms with Crippen molar-refractivity contribution in [1.82, 2.24) is 9.38 Å². The van der Waals surface area contributed by atoms with Gasteiger partial charge in [0.2, 0.25) is 0 Å². The number of nitrogens with zero attached hydrogens (tertiary/aromatic N) is 3. The minimum Gasteiger partial charge on any atom is -0.487 e. The Hall–Kier alpha value is -4.13. The molecule has 0 bridgehead atoms. The molecule has 0 unspecified atom stereocenters. The van der Waals surface area contributed by atoms with E-state index in [9.17, 15) is 4.79 Å². The summed E-state index contributed by atoms with van der Waals surface area (Å²) in [6.45, 7) is 0.698. The first-order valence-electron chi connectivity index (χ1n) is 10.7. The van der Waals surface area contributed by atoms with Gasteiger partial charge in [0.1, 0.15) is 24.6 Å². The molecule has 2 aromatic carbocycles. The van der Waals surface area contributed by atoms with Gasteiger partial charge in [-0.3, -0.25) is 4.79 Å². The van der Waals surface area contributed by atoms with E-state index in [1.165, 1.54) is 7.11 Å². The quantitative estimate of drug-likeness (QED) is 0.200. The van der Waals surface area contributed by atoms with Crippen molar-refractivity contribution in [3.63, 3.8) is 0 Å². The van der Waals surface area contributed by atoms with Crippen LogP contribution in [0.3, 0.4) is 0 Å². The van der Waals surface area contributed by atoms with E-state index in [2.05, 4.69) is 10.1 Å². The van der Waals surface area contributed by atoms with Crippen LogP contribution in [0.1, 0.15) is 29.7 Å². The maximum absolute atomic E-state index is 11.5. The SMILES string of the molecule is COC(=O)CCC(=NOCc1ccc(OCc2cn3ccccc3n2)cc1)c1ccccc1. The van der Waals surface area contributed by atoms with Crippen LogP contribution in [0.2, 0.25) is 0 Å². The highest BCUT2D eigenvalue weighted by Gasteiger charge is 2.09. The number of ether oxygens (including phenoxy) is 2. The number of imidazole rings is 1. The number of pyridine rings is 1. The normalized spacial score (nSPS) is 11.4. The number of aromatic nitrogens is 2. The lowest BCUT2D eigenvalue weighted by molar-refractivity contribution is -0.140. The second kappa shape index (κ2) is 10.9. The molecule has 0 aliphatic rings. The third-order valence-corrected chi connectivity index (χ3v) is 5.03. The molecule has 0 saturated carbocycles. The lowest BCUT2D eigenvalue weighted by atomic mass is 10.1. The van der Waals surface area contributed by atoms with Crippen molar-refractivity contribution in [3.8, 4) is 5.75 Å². The van der Waals surface area contributed by atoms with Crippen molar-refractivity contribution in [2.45, 2.75) is 26.1 Å². The maximum Gasteiger partial charge on any atom is 0.305 e. The van der Waals surface area contributed by atoms with Crippen molar-refractivity contribution in [2.24, 2.45) is 5.16 Å². The first kappa shape index (κ1) is 22.1. The van der Waals surface area contributed by atoms with E-state index in [0.29, 0.717) is 25.3 Å². The summed E-state index contributed by atoms with van der Waals surface area (Å²) >= 11 is 0. The molecule has 0 spiro atoms. The zero-order valence-electron chi connectivity index (χ0n) is 18.4. The fraction of sp³-hybridized carbons (Fsp3) is 0.192. The lowest BCUT2D eigenvalue weighted by Gasteiger charge is -2.08. The van der Waals surface area contributed by atoms with Crippen molar-refractivity contribution in [3.05, 3.63) is 102 Å². The monoisotopic (exact) mass is 443 g/mol. The zero-order valence-corrected chi connectivity index (χ0v) is 18.4. The van der Waals surface area contributed by atoms with Gasteiger partial charge in [0.25, 0.3) is 0 Å². The number of rotatable bonds is 10. The number of esters is 1. The van der Waals surface area contributed by atoms with E-state index in [1.54, 1.807) is 0 Å². The Labute approximate surface area is 192 Å². The predicted molar refractivity (Wildman–Crippen MR) is 125 cm³/mol. The molecule has 4 aromatic rings. The first-order chi connectivity index (χ1) is 16.2. The molecule has 2 heterocycles. The van der Waals surface area contributed by atoms with Crippen LogP contribution in [-0.2, 0) is 27.6 Å². The summed E-state index contributed by atoms with van der Waals surface area (Å²) in [5.41, 5.74) is 4.33. The van der Waals surface area contributed by atoms with E-state index in [0.717, 1.165) is 28.2 Å². The van der Waals surface area contributed by atoms with Crippen molar-refractivity contribution < 1.29 is 19.1 Å². The van der Waals surface area contributed by atoms with Gasteiger partial charge >= 0.3 is 5.97 Å². The molecule has 0 radical (unpaired) electrons. The summed E-state index contributed by atoms with van der Waals surface area (Å²) in [4.78, 5) is 21.6. The minimum absolute atomic E-state index is 0.242. The molecule has 33 heavy (non-hydrogen) atoms. The topological polar surface area (TPSA) is 74.4 Å². The first-order valence-corrected chi connectivity index (χ1v) is 10.7. The van der Waals surface area contributed by atoms with Crippen LogP contribution in [0.15, 0.2) is 90.3 Å². The summed E-state index contributed by atoms with van der Waals surface area (Å²) in [7, 11) is 1.38. The van der Waals surface area contributed by atoms with E-state index in [4.69, 9.17) is 14.3 Å². The molecule has 0 fully saturated rings. The molecule has 0 atom stereocenters. The van der Waals surface area contributed by atoms with E-state index in [1.807, 2.05) is 89.6 Å². The number of methoxy groups -OCH3 is 1. The molecule has 168 valence electrons. The van der Waals surface area contributed by atoms with Crippen LogP contribution < -0.4 is 4.74 Å². The number of carbonyl (C=O) groups is 1. The fourth-order valence-electron chi connectivity index (χ4n) is 3.28. The highest BCUT2D eigenvalue weighted by Crippen LogP contribution is 2.16. The number of hydrogen-bond acceptors (Lipinski definition) is 6. The Kier molecular flexibility index (Phi) is 7.33. The molecule has 2 aromatic heterocycles. The van der Waals surface area contributed by atoms with Crippen molar-refractivity contribution in [2.75, 3.05) is 7.11 Å². The van der Waals surface area contributed by atoms with Crippen LogP contribution in [0.25, 0.3) is 5.65 Å². The third kappa shape index (κ3) is 6.20. The average Bonchev–Trinajstić information content (AvgIpc) is 3.29. The standard InChI is InChI=1S/C26H25N3O4/c1-31-26(30)15-14-24(21-7-3-2-4-8-21)28-33-18-20-10-12-23(13-11-20)32-19-22-17-29-16-6-5-9-25(29)27-22/h2-13,16-17H,14-15,18-19H2,1H3. The molecular weight excluding hydrogens is 418 g/mol. The van der Waals surface area contributed by atoms with Gasteiger partial charge < -0.3 is 18.7 Å². The Morgan fingerprint density at radius 3 is 2.48 bits per heavy atom. The average molecular weight is 444 g/mol. The van der Waals surface area contributed by atoms with E-state index in [-0.39, 0.29) is 12.4 Å². The third-order valence-electron chi connectivity index (χ3n) is 5.03. The second-order valence-electron chi connectivity index (χ2n) is 7.38. The van der Waals surface area contributed by atoms with Gasteiger partial charge in [-0.05, 0) is 35.4 Å².